The lowest BCUT2D eigenvalue weighted by Gasteiger charge is -2.29. The molecule has 0 radical (unpaired) electrons. The van der Waals surface area contributed by atoms with Gasteiger partial charge in [-0.05, 0) is 62.4 Å². The van der Waals surface area contributed by atoms with Gasteiger partial charge in [0, 0.05) is 24.4 Å². The highest BCUT2D eigenvalue weighted by Crippen LogP contribution is 2.43. The number of aryl methyl sites for hydroxylation is 1. The number of hydrogen-bond acceptors (Lipinski definition) is 3. The zero-order chi connectivity index (χ0) is 20.8. The molecule has 0 amide bonds. The molecule has 4 rings (SSSR count). The molecule has 3 nitrogen and oxygen atoms in total. The van der Waals surface area contributed by atoms with Gasteiger partial charge in [0.25, 0.3) is 0 Å². The van der Waals surface area contributed by atoms with Crippen molar-refractivity contribution in [2.45, 2.75) is 38.1 Å². The summed E-state index contributed by atoms with van der Waals surface area (Å²) in [5, 5.41) is 2.98. The van der Waals surface area contributed by atoms with Gasteiger partial charge in [-0.3, -0.25) is 0 Å². The van der Waals surface area contributed by atoms with E-state index in [0.717, 1.165) is 32.1 Å². The molecule has 1 fully saturated rings. The molecule has 0 aromatic heterocycles. The van der Waals surface area contributed by atoms with E-state index in [9.17, 15) is 4.39 Å². The van der Waals surface area contributed by atoms with E-state index < -0.39 is 11.6 Å². The molecule has 0 unspecified atom stereocenters. The van der Waals surface area contributed by atoms with Crippen molar-refractivity contribution in [1.29, 1.82) is 0 Å². The Balaban J connectivity index is 0.00000117. The van der Waals surface area contributed by atoms with Crippen LogP contribution in [0, 0.1) is 11.6 Å². The van der Waals surface area contributed by atoms with E-state index in [4.69, 9.17) is 0 Å². The first-order valence-electron chi connectivity index (χ1n) is 10.2. The Hall–Kier alpha value is -2.66. The third kappa shape index (κ3) is 4.85. The molecule has 0 saturated heterocycles. The normalized spacial score (nSPS) is 14.9. The van der Waals surface area contributed by atoms with E-state index in [-0.39, 0.29) is 5.69 Å². The molecular formula is C24H29F2N3. The van der Waals surface area contributed by atoms with Gasteiger partial charge < -0.3 is 16.0 Å². The standard InChI is InChI=1S/C23H24F2N2.CH5N/c1-16-12-14-27(18-10-11-18)23-19(16)15-20(24)22(21(23)25)26-13-6-5-9-17-7-3-2-4-8-17;1-2/h2-4,7-8,12,14-15,18,26H,1,5-6,9-11,13H2;2H2,1H3. The van der Waals surface area contributed by atoms with Crippen molar-refractivity contribution in [2.24, 2.45) is 5.73 Å². The first-order valence-corrected chi connectivity index (χ1v) is 10.2. The second-order valence-electron chi connectivity index (χ2n) is 7.29. The number of halogens is 2. The Morgan fingerprint density at radius 1 is 1.14 bits per heavy atom. The van der Waals surface area contributed by atoms with Gasteiger partial charge in [-0.15, -0.1) is 0 Å². The van der Waals surface area contributed by atoms with Crippen LogP contribution in [0.5, 0.6) is 0 Å². The summed E-state index contributed by atoms with van der Waals surface area (Å²) < 4.78 is 29.7. The van der Waals surface area contributed by atoms with Crippen molar-refractivity contribution in [3.8, 4) is 0 Å². The Bertz CT molecular complexity index is 873. The van der Waals surface area contributed by atoms with Crippen LogP contribution in [-0.2, 0) is 6.42 Å². The molecule has 1 saturated carbocycles. The van der Waals surface area contributed by atoms with Crippen LogP contribution < -0.4 is 16.0 Å². The number of fused-ring (bicyclic) bond motifs is 1. The third-order valence-corrected chi connectivity index (χ3v) is 5.21. The number of allylic oxidation sites excluding steroid dienone is 2. The summed E-state index contributed by atoms with van der Waals surface area (Å²) in [7, 11) is 1.50. The molecule has 1 aliphatic carbocycles. The zero-order valence-electron chi connectivity index (χ0n) is 16.9. The second-order valence-corrected chi connectivity index (χ2v) is 7.29. The fraction of sp³-hybridized carbons (Fsp3) is 0.333. The van der Waals surface area contributed by atoms with Gasteiger partial charge in [-0.2, -0.15) is 0 Å². The lowest BCUT2D eigenvalue weighted by Crippen LogP contribution is -2.24. The summed E-state index contributed by atoms with van der Waals surface area (Å²) in [4.78, 5) is 1.93. The fourth-order valence-corrected chi connectivity index (χ4v) is 3.57. The van der Waals surface area contributed by atoms with E-state index in [1.54, 1.807) is 0 Å². The molecule has 1 aliphatic heterocycles. The Labute approximate surface area is 171 Å². The molecular weight excluding hydrogens is 368 g/mol. The number of nitrogens with two attached hydrogens (primary N) is 1. The van der Waals surface area contributed by atoms with Gasteiger partial charge in [-0.25, -0.2) is 8.78 Å². The van der Waals surface area contributed by atoms with E-state index >= 15 is 4.39 Å². The summed E-state index contributed by atoms with van der Waals surface area (Å²) in [5.41, 5.74) is 7.41. The topological polar surface area (TPSA) is 41.3 Å². The first-order chi connectivity index (χ1) is 14.1. The molecule has 0 atom stereocenters. The maximum Gasteiger partial charge on any atom is 0.173 e. The largest absolute Gasteiger partial charge is 0.380 e. The SMILES string of the molecule is C=C1C=CN(C2CC2)c2c1cc(F)c(NCCCCc1ccccc1)c2F.CN. The minimum absolute atomic E-state index is 0.0257. The maximum absolute atomic E-state index is 15.2. The highest BCUT2D eigenvalue weighted by atomic mass is 19.1. The molecule has 0 spiro atoms. The van der Waals surface area contributed by atoms with Crippen LogP contribution >= 0.6 is 0 Å². The number of nitrogens with zero attached hydrogens (tertiary/aromatic N) is 1. The minimum Gasteiger partial charge on any atom is -0.380 e. The molecule has 0 bridgehead atoms. The molecule has 2 aromatic carbocycles. The Kier molecular flexibility index (Phi) is 7.04. The first kappa shape index (κ1) is 21.1. The van der Waals surface area contributed by atoms with Gasteiger partial charge in [0.2, 0.25) is 0 Å². The van der Waals surface area contributed by atoms with Crippen LogP contribution in [0.25, 0.3) is 5.57 Å². The summed E-state index contributed by atoms with van der Waals surface area (Å²) >= 11 is 0. The van der Waals surface area contributed by atoms with E-state index in [2.05, 4.69) is 29.8 Å². The fourth-order valence-electron chi connectivity index (χ4n) is 3.57. The lowest BCUT2D eigenvalue weighted by atomic mass is 9.99. The van der Waals surface area contributed by atoms with Gasteiger partial charge in [-0.1, -0.05) is 36.9 Å². The van der Waals surface area contributed by atoms with Crippen molar-refractivity contribution in [2.75, 3.05) is 23.8 Å². The smallest absolute Gasteiger partial charge is 0.173 e. The minimum atomic E-state index is -0.554. The number of benzene rings is 2. The Morgan fingerprint density at radius 2 is 1.86 bits per heavy atom. The number of unbranched alkanes of at least 4 members (excludes halogenated alkanes) is 1. The number of anilines is 2. The van der Waals surface area contributed by atoms with Crippen LogP contribution in [0.2, 0.25) is 0 Å². The predicted molar refractivity (Wildman–Crippen MR) is 118 cm³/mol. The number of rotatable bonds is 7. The summed E-state index contributed by atoms with van der Waals surface area (Å²) in [5.74, 6) is -1.06. The average Bonchev–Trinajstić information content (AvgIpc) is 3.58. The molecule has 2 aromatic rings. The van der Waals surface area contributed by atoms with Crippen LogP contribution in [0.15, 0.2) is 55.3 Å². The van der Waals surface area contributed by atoms with Crippen LogP contribution in [0.3, 0.4) is 0 Å². The summed E-state index contributed by atoms with van der Waals surface area (Å²) in [6.07, 6.45) is 8.56. The van der Waals surface area contributed by atoms with Crippen molar-refractivity contribution in [3.63, 3.8) is 0 Å². The van der Waals surface area contributed by atoms with E-state index in [1.807, 2.05) is 35.4 Å². The van der Waals surface area contributed by atoms with Crippen molar-refractivity contribution in [3.05, 3.63) is 78.0 Å². The van der Waals surface area contributed by atoms with Gasteiger partial charge >= 0.3 is 0 Å². The zero-order valence-corrected chi connectivity index (χ0v) is 16.9. The van der Waals surface area contributed by atoms with Crippen LogP contribution in [-0.4, -0.2) is 19.6 Å². The van der Waals surface area contributed by atoms with Gasteiger partial charge in [0.05, 0.1) is 5.69 Å². The second kappa shape index (κ2) is 9.70. The van der Waals surface area contributed by atoms with Gasteiger partial charge in [0.1, 0.15) is 11.5 Å². The van der Waals surface area contributed by atoms with E-state index in [0.29, 0.717) is 29.4 Å². The highest BCUT2D eigenvalue weighted by Gasteiger charge is 2.34. The van der Waals surface area contributed by atoms with Crippen LogP contribution in [0.4, 0.5) is 20.2 Å². The highest BCUT2D eigenvalue weighted by molar-refractivity contribution is 5.87. The number of nitrogens with one attached hydrogen (secondary N) is 1. The maximum atomic E-state index is 15.2. The number of hydrogen-bond donors (Lipinski definition) is 2. The average molecular weight is 398 g/mol. The molecule has 5 heteroatoms. The predicted octanol–water partition coefficient (Wildman–Crippen LogP) is 5.48. The van der Waals surface area contributed by atoms with E-state index in [1.165, 1.54) is 18.7 Å². The molecule has 29 heavy (non-hydrogen) atoms. The summed E-state index contributed by atoms with van der Waals surface area (Å²) in [6, 6.07) is 12.0. The molecule has 154 valence electrons. The lowest BCUT2D eigenvalue weighted by molar-refractivity contribution is 0.584. The van der Waals surface area contributed by atoms with Crippen molar-refractivity contribution >= 4 is 16.9 Å². The molecule has 1 heterocycles. The quantitative estimate of drug-likeness (QED) is 0.608. The van der Waals surface area contributed by atoms with Crippen molar-refractivity contribution < 1.29 is 8.78 Å². The third-order valence-electron chi connectivity index (χ3n) is 5.21. The monoisotopic (exact) mass is 397 g/mol. The molecule has 3 N–H and O–H groups in total. The summed E-state index contributed by atoms with van der Waals surface area (Å²) in [6.45, 7) is 4.47. The van der Waals surface area contributed by atoms with Crippen LogP contribution in [0.1, 0.15) is 36.8 Å². The Morgan fingerprint density at radius 3 is 2.55 bits per heavy atom. The molecule has 2 aliphatic rings. The van der Waals surface area contributed by atoms with Gasteiger partial charge in [0.15, 0.2) is 5.82 Å². The van der Waals surface area contributed by atoms with Crippen molar-refractivity contribution in [1.82, 2.24) is 0 Å².